The van der Waals surface area contributed by atoms with Crippen LogP contribution in [-0.4, -0.2) is 58.0 Å². The van der Waals surface area contributed by atoms with Gasteiger partial charge < -0.3 is 4.90 Å². The number of hydrogen-bond acceptors (Lipinski definition) is 5. The number of aryl methyl sites for hydroxylation is 1. The molecule has 2 rings (SSSR count). The Morgan fingerprint density at radius 3 is 2.38 bits per heavy atom. The van der Waals surface area contributed by atoms with Crippen LogP contribution in [0.5, 0.6) is 0 Å². The molecule has 1 atom stereocenters. The molecule has 134 valence electrons. The molecule has 24 heavy (non-hydrogen) atoms. The standard InChI is InChI=1S/C16H23NO5S2/c1-3-17(16(18)14-8-10-23(19,20)12-14)9-11-24(21,22)15-6-4-13(2)5-7-15/h4-7,14H,3,8-12H2,1-2H3/t14-/m0/s1. The van der Waals surface area contributed by atoms with Gasteiger partial charge in [0.2, 0.25) is 5.91 Å². The van der Waals surface area contributed by atoms with Crippen LogP contribution in [0.3, 0.4) is 0 Å². The fourth-order valence-corrected chi connectivity index (χ4v) is 5.75. The van der Waals surface area contributed by atoms with Crippen molar-refractivity contribution in [1.29, 1.82) is 0 Å². The highest BCUT2D eigenvalue weighted by molar-refractivity contribution is 7.91. The van der Waals surface area contributed by atoms with E-state index in [1.54, 1.807) is 31.2 Å². The summed E-state index contributed by atoms with van der Waals surface area (Å²) in [7, 11) is -6.61. The van der Waals surface area contributed by atoms with Crippen molar-refractivity contribution in [2.75, 3.05) is 30.3 Å². The van der Waals surface area contributed by atoms with Crippen LogP contribution in [0.1, 0.15) is 18.9 Å². The number of carbonyl (C=O) groups is 1. The number of rotatable bonds is 6. The number of carbonyl (C=O) groups excluding carboxylic acids is 1. The van der Waals surface area contributed by atoms with Gasteiger partial charge in [0.05, 0.1) is 28.1 Å². The summed E-state index contributed by atoms with van der Waals surface area (Å²) in [6, 6.07) is 6.59. The third kappa shape index (κ3) is 4.57. The molecule has 1 heterocycles. The second-order valence-corrected chi connectivity index (χ2v) is 10.5. The van der Waals surface area contributed by atoms with Crippen LogP contribution in [-0.2, 0) is 24.5 Å². The average Bonchev–Trinajstić information content (AvgIpc) is 2.88. The van der Waals surface area contributed by atoms with Gasteiger partial charge in [-0.2, -0.15) is 0 Å². The maximum atomic E-state index is 12.4. The van der Waals surface area contributed by atoms with E-state index in [9.17, 15) is 21.6 Å². The van der Waals surface area contributed by atoms with Gasteiger partial charge in [0, 0.05) is 13.1 Å². The van der Waals surface area contributed by atoms with E-state index in [1.807, 2.05) is 6.92 Å². The van der Waals surface area contributed by atoms with Crippen molar-refractivity contribution in [3.8, 4) is 0 Å². The number of nitrogens with zero attached hydrogens (tertiary/aromatic N) is 1. The molecule has 0 radical (unpaired) electrons. The van der Waals surface area contributed by atoms with E-state index in [-0.39, 0.29) is 34.6 Å². The van der Waals surface area contributed by atoms with Crippen molar-refractivity contribution >= 4 is 25.6 Å². The predicted molar refractivity (Wildman–Crippen MR) is 92.2 cm³/mol. The summed E-state index contributed by atoms with van der Waals surface area (Å²) in [6.07, 6.45) is 0.322. The van der Waals surface area contributed by atoms with Crippen LogP contribution in [0, 0.1) is 12.8 Å². The molecule has 0 bridgehead atoms. The molecule has 1 aliphatic heterocycles. The van der Waals surface area contributed by atoms with E-state index >= 15 is 0 Å². The van der Waals surface area contributed by atoms with Crippen molar-refractivity contribution in [1.82, 2.24) is 4.90 Å². The van der Waals surface area contributed by atoms with Crippen LogP contribution in [0.2, 0.25) is 0 Å². The lowest BCUT2D eigenvalue weighted by Crippen LogP contribution is -2.39. The first-order valence-electron chi connectivity index (χ1n) is 7.93. The molecule has 1 amide bonds. The Morgan fingerprint density at radius 1 is 1.25 bits per heavy atom. The van der Waals surface area contributed by atoms with E-state index < -0.39 is 25.6 Å². The first-order chi connectivity index (χ1) is 11.1. The van der Waals surface area contributed by atoms with Crippen LogP contribution in [0.25, 0.3) is 0 Å². The van der Waals surface area contributed by atoms with Crippen molar-refractivity contribution in [3.63, 3.8) is 0 Å². The highest BCUT2D eigenvalue weighted by Crippen LogP contribution is 2.21. The maximum Gasteiger partial charge on any atom is 0.226 e. The van der Waals surface area contributed by atoms with Crippen LogP contribution in [0.15, 0.2) is 29.2 Å². The van der Waals surface area contributed by atoms with Gasteiger partial charge in [-0.1, -0.05) is 17.7 Å². The first kappa shape index (κ1) is 18.9. The number of benzene rings is 1. The quantitative estimate of drug-likeness (QED) is 0.744. The summed E-state index contributed by atoms with van der Waals surface area (Å²) in [6.45, 7) is 4.07. The first-order valence-corrected chi connectivity index (χ1v) is 11.4. The minimum atomic E-state index is -3.47. The highest BCUT2D eigenvalue weighted by atomic mass is 32.2. The zero-order valence-corrected chi connectivity index (χ0v) is 15.6. The lowest BCUT2D eigenvalue weighted by atomic mass is 10.1. The summed E-state index contributed by atoms with van der Waals surface area (Å²) in [4.78, 5) is 14.1. The summed E-state index contributed by atoms with van der Waals surface area (Å²) >= 11 is 0. The molecule has 1 aliphatic rings. The molecule has 0 unspecified atom stereocenters. The summed E-state index contributed by atoms with van der Waals surface area (Å²) in [5.74, 6) is -1.08. The number of sulfone groups is 2. The highest BCUT2D eigenvalue weighted by Gasteiger charge is 2.35. The summed E-state index contributed by atoms with van der Waals surface area (Å²) in [5.41, 5.74) is 0.974. The van der Waals surface area contributed by atoms with E-state index in [2.05, 4.69) is 0 Å². The molecule has 0 aromatic heterocycles. The minimum Gasteiger partial charge on any atom is -0.342 e. The predicted octanol–water partition coefficient (Wildman–Crippen LogP) is 1.05. The molecule has 1 aromatic carbocycles. The molecule has 1 aromatic rings. The Morgan fingerprint density at radius 2 is 1.88 bits per heavy atom. The molecular weight excluding hydrogens is 350 g/mol. The summed E-state index contributed by atoms with van der Waals surface area (Å²) in [5, 5.41) is 0. The van der Waals surface area contributed by atoms with Crippen LogP contribution < -0.4 is 0 Å². The topological polar surface area (TPSA) is 88.6 Å². The van der Waals surface area contributed by atoms with Crippen LogP contribution in [0.4, 0.5) is 0 Å². The summed E-state index contributed by atoms with van der Waals surface area (Å²) < 4.78 is 47.8. The molecule has 6 nitrogen and oxygen atoms in total. The van der Waals surface area contributed by atoms with Crippen molar-refractivity contribution in [3.05, 3.63) is 29.8 Å². The number of amides is 1. The van der Waals surface area contributed by atoms with Gasteiger partial charge in [-0.15, -0.1) is 0 Å². The Hall–Kier alpha value is -1.41. The van der Waals surface area contributed by atoms with Crippen LogP contribution >= 0.6 is 0 Å². The van der Waals surface area contributed by atoms with Crippen molar-refractivity contribution in [2.45, 2.75) is 25.2 Å². The smallest absolute Gasteiger partial charge is 0.226 e. The second-order valence-electron chi connectivity index (χ2n) is 6.15. The maximum absolute atomic E-state index is 12.4. The zero-order valence-electron chi connectivity index (χ0n) is 13.9. The Bertz CT molecular complexity index is 797. The lowest BCUT2D eigenvalue weighted by Gasteiger charge is -2.23. The molecule has 0 saturated carbocycles. The van der Waals surface area contributed by atoms with E-state index in [4.69, 9.17) is 0 Å². The molecule has 1 saturated heterocycles. The molecule has 1 fully saturated rings. The van der Waals surface area contributed by atoms with Gasteiger partial charge in [-0.3, -0.25) is 4.79 Å². The fourth-order valence-electron chi connectivity index (χ4n) is 2.77. The Balaban J connectivity index is 2.03. The molecule has 0 N–H and O–H groups in total. The van der Waals surface area contributed by atoms with Crippen molar-refractivity contribution in [2.24, 2.45) is 5.92 Å². The van der Waals surface area contributed by atoms with Gasteiger partial charge in [0.15, 0.2) is 19.7 Å². The normalized spacial score (nSPS) is 20.0. The molecular formula is C16H23NO5S2. The van der Waals surface area contributed by atoms with Gasteiger partial charge in [0.25, 0.3) is 0 Å². The van der Waals surface area contributed by atoms with Gasteiger partial charge in [0.1, 0.15) is 0 Å². The van der Waals surface area contributed by atoms with Crippen molar-refractivity contribution < 1.29 is 21.6 Å². The van der Waals surface area contributed by atoms with Gasteiger partial charge in [-0.25, -0.2) is 16.8 Å². The fraction of sp³-hybridized carbons (Fsp3) is 0.562. The third-order valence-corrected chi connectivity index (χ3v) is 7.76. The largest absolute Gasteiger partial charge is 0.342 e. The van der Waals surface area contributed by atoms with Gasteiger partial charge >= 0.3 is 0 Å². The number of hydrogen-bond donors (Lipinski definition) is 0. The SMILES string of the molecule is CCN(CCS(=O)(=O)c1ccc(C)cc1)C(=O)[C@H]1CCS(=O)(=O)C1. The Kier molecular flexibility index (Phi) is 5.70. The van der Waals surface area contributed by atoms with E-state index in [0.29, 0.717) is 13.0 Å². The Labute approximate surface area is 143 Å². The van der Waals surface area contributed by atoms with E-state index in [0.717, 1.165) is 5.56 Å². The second kappa shape index (κ2) is 7.23. The van der Waals surface area contributed by atoms with Gasteiger partial charge in [-0.05, 0) is 32.4 Å². The van der Waals surface area contributed by atoms with E-state index in [1.165, 1.54) is 4.90 Å². The lowest BCUT2D eigenvalue weighted by molar-refractivity contribution is -0.134. The minimum absolute atomic E-state index is 0.0304. The average molecular weight is 373 g/mol. The zero-order chi connectivity index (χ0) is 18.0. The molecule has 0 spiro atoms. The monoisotopic (exact) mass is 373 g/mol. The molecule has 0 aliphatic carbocycles. The third-order valence-electron chi connectivity index (χ3n) is 4.29. The molecule has 8 heteroatoms.